The molecule has 0 aliphatic carbocycles. The highest BCUT2D eigenvalue weighted by Crippen LogP contribution is 2.34. The van der Waals surface area contributed by atoms with Crippen LogP contribution in [-0.4, -0.2) is 21.5 Å². The number of fused-ring (bicyclic) bond motifs is 1. The number of hydrogen-bond acceptors (Lipinski definition) is 4. The van der Waals surface area contributed by atoms with Gasteiger partial charge in [-0.25, -0.2) is 9.97 Å². The summed E-state index contributed by atoms with van der Waals surface area (Å²) in [4.78, 5) is 12.0. The minimum Gasteiger partial charge on any atom is -0.369 e. The second-order valence-corrected chi connectivity index (χ2v) is 6.21. The van der Waals surface area contributed by atoms with Crippen LogP contribution in [0.2, 0.25) is 5.02 Å². The molecule has 0 amide bonds. The van der Waals surface area contributed by atoms with Crippen LogP contribution >= 0.6 is 11.6 Å². The number of aromatic amines is 1. The molecule has 24 heavy (non-hydrogen) atoms. The topological polar surface area (TPSA) is 77.4 Å². The van der Waals surface area contributed by atoms with Crippen LogP contribution in [0, 0.1) is 18.3 Å². The fraction of sp³-hybridized carbons (Fsp3) is 0.167. The van der Waals surface area contributed by atoms with Crippen molar-refractivity contribution in [3.05, 3.63) is 52.3 Å². The summed E-state index contributed by atoms with van der Waals surface area (Å²) in [6.07, 6.45) is 2.42. The summed E-state index contributed by atoms with van der Waals surface area (Å²) in [6, 6.07) is 9.78. The maximum absolute atomic E-state index is 9.55. The molecule has 6 heteroatoms. The summed E-state index contributed by atoms with van der Waals surface area (Å²) in [5, 5.41) is 13.4. The van der Waals surface area contributed by atoms with Gasteiger partial charge in [0.1, 0.15) is 18.2 Å². The van der Waals surface area contributed by atoms with Gasteiger partial charge in [0.05, 0.1) is 22.6 Å². The molecule has 1 aromatic carbocycles. The van der Waals surface area contributed by atoms with Gasteiger partial charge in [0.2, 0.25) is 0 Å². The standard InChI is InChI=1S/C18H14ClN5/c1-10-2-3-12(19)7-14(10)16-11(8-20)6-15(24-16)17-13-4-5-21-18(13)23-9-22-17/h2-3,6-7,9,24H,4-5H2,1H3,(H,21,22,23). The van der Waals surface area contributed by atoms with Crippen LogP contribution in [0.1, 0.15) is 16.7 Å². The second-order valence-electron chi connectivity index (χ2n) is 5.77. The van der Waals surface area contributed by atoms with Gasteiger partial charge >= 0.3 is 0 Å². The zero-order chi connectivity index (χ0) is 16.7. The van der Waals surface area contributed by atoms with E-state index in [1.807, 2.05) is 31.2 Å². The van der Waals surface area contributed by atoms with Crippen molar-refractivity contribution in [2.45, 2.75) is 13.3 Å². The van der Waals surface area contributed by atoms with Crippen molar-refractivity contribution < 1.29 is 0 Å². The first kappa shape index (κ1) is 14.7. The molecular weight excluding hydrogens is 322 g/mol. The van der Waals surface area contributed by atoms with Gasteiger partial charge in [-0.15, -0.1) is 0 Å². The maximum Gasteiger partial charge on any atom is 0.133 e. The molecule has 0 saturated heterocycles. The minimum atomic E-state index is 0.577. The number of nitrogens with one attached hydrogen (secondary N) is 2. The lowest BCUT2D eigenvalue weighted by Crippen LogP contribution is -1.94. The van der Waals surface area contributed by atoms with Crippen LogP contribution in [0.25, 0.3) is 22.6 Å². The smallest absolute Gasteiger partial charge is 0.133 e. The predicted molar refractivity (Wildman–Crippen MR) is 93.9 cm³/mol. The van der Waals surface area contributed by atoms with E-state index in [4.69, 9.17) is 11.6 Å². The van der Waals surface area contributed by atoms with Gasteiger partial charge in [-0.05, 0) is 37.1 Å². The lowest BCUT2D eigenvalue weighted by molar-refractivity contribution is 1.09. The summed E-state index contributed by atoms with van der Waals surface area (Å²) in [5.41, 5.74) is 6.07. The Hall–Kier alpha value is -2.84. The van der Waals surface area contributed by atoms with E-state index in [1.165, 1.54) is 0 Å². The number of halogens is 1. The first-order chi connectivity index (χ1) is 11.7. The Balaban J connectivity index is 1.90. The summed E-state index contributed by atoms with van der Waals surface area (Å²) in [5.74, 6) is 0.869. The molecule has 0 atom stereocenters. The maximum atomic E-state index is 9.55. The van der Waals surface area contributed by atoms with Crippen molar-refractivity contribution in [1.29, 1.82) is 5.26 Å². The average molecular weight is 336 g/mol. The molecular formula is C18H14ClN5. The number of anilines is 1. The van der Waals surface area contributed by atoms with Crippen molar-refractivity contribution in [2.24, 2.45) is 0 Å². The highest BCUT2D eigenvalue weighted by molar-refractivity contribution is 6.30. The fourth-order valence-corrected chi connectivity index (χ4v) is 3.26. The van der Waals surface area contributed by atoms with Crippen molar-refractivity contribution in [1.82, 2.24) is 15.0 Å². The van der Waals surface area contributed by atoms with Crippen LogP contribution in [0.5, 0.6) is 0 Å². The molecule has 2 aromatic heterocycles. The molecule has 0 radical (unpaired) electrons. The Morgan fingerprint density at radius 2 is 2.12 bits per heavy atom. The average Bonchev–Trinajstić information content (AvgIpc) is 3.23. The molecule has 2 N–H and O–H groups in total. The Bertz CT molecular complexity index is 984. The molecule has 1 aliphatic heterocycles. The van der Waals surface area contributed by atoms with Crippen LogP contribution in [-0.2, 0) is 6.42 Å². The Kier molecular flexibility index (Phi) is 3.47. The summed E-state index contributed by atoms with van der Waals surface area (Å²) < 4.78 is 0. The van der Waals surface area contributed by atoms with Gasteiger partial charge in [-0.2, -0.15) is 5.26 Å². The Labute approximate surface area is 144 Å². The van der Waals surface area contributed by atoms with Crippen LogP contribution in [0.15, 0.2) is 30.6 Å². The number of nitrogens with zero attached hydrogens (tertiary/aromatic N) is 3. The molecule has 3 aromatic rings. The minimum absolute atomic E-state index is 0.577. The van der Waals surface area contributed by atoms with Gasteiger partial charge in [0.15, 0.2) is 0 Å². The largest absolute Gasteiger partial charge is 0.369 e. The Morgan fingerprint density at radius 3 is 2.96 bits per heavy atom. The van der Waals surface area contributed by atoms with Gasteiger partial charge < -0.3 is 10.3 Å². The molecule has 118 valence electrons. The first-order valence-corrected chi connectivity index (χ1v) is 8.03. The molecule has 1 aliphatic rings. The SMILES string of the molecule is Cc1ccc(Cl)cc1-c1[nH]c(-c2ncnc3c2CCN3)cc1C#N. The zero-order valence-electron chi connectivity index (χ0n) is 13.0. The number of rotatable bonds is 2. The van der Waals surface area contributed by atoms with E-state index in [9.17, 15) is 5.26 Å². The van der Waals surface area contributed by atoms with Crippen molar-refractivity contribution in [3.63, 3.8) is 0 Å². The molecule has 0 unspecified atom stereocenters. The van der Waals surface area contributed by atoms with Crippen LogP contribution < -0.4 is 5.32 Å². The summed E-state index contributed by atoms with van der Waals surface area (Å²) in [7, 11) is 0. The van der Waals surface area contributed by atoms with Crippen LogP contribution in [0.4, 0.5) is 5.82 Å². The van der Waals surface area contributed by atoms with Crippen molar-refractivity contribution >= 4 is 17.4 Å². The molecule has 0 bridgehead atoms. The number of aryl methyl sites for hydroxylation is 1. The molecule has 0 saturated carbocycles. The van der Waals surface area contributed by atoms with Gasteiger partial charge in [-0.1, -0.05) is 17.7 Å². The third-order valence-electron chi connectivity index (χ3n) is 4.28. The van der Waals surface area contributed by atoms with Gasteiger partial charge in [0, 0.05) is 22.7 Å². The second kappa shape index (κ2) is 5.66. The van der Waals surface area contributed by atoms with E-state index in [2.05, 4.69) is 26.3 Å². The number of benzene rings is 1. The van der Waals surface area contributed by atoms with E-state index in [-0.39, 0.29) is 0 Å². The molecule has 5 nitrogen and oxygen atoms in total. The van der Waals surface area contributed by atoms with Gasteiger partial charge in [0.25, 0.3) is 0 Å². The number of hydrogen-bond donors (Lipinski definition) is 2. The van der Waals surface area contributed by atoms with E-state index >= 15 is 0 Å². The van der Waals surface area contributed by atoms with E-state index in [1.54, 1.807) is 6.33 Å². The predicted octanol–water partition coefficient (Wildman–Crippen LogP) is 3.94. The normalized spacial score (nSPS) is 12.5. The fourth-order valence-electron chi connectivity index (χ4n) is 3.09. The number of nitriles is 1. The van der Waals surface area contributed by atoms with Gasteiger partial charge in [-0.3, -0.25) is 0 Å². The lowest BCUT2D eigenvalue weighted by Gasteiger charge is -2.06. The quantitative estimate of drug-likeness (QED) is 0.743. The highest BCUT2D eigenvalue weighted by Gasteiger charge is 2.21. The summed E-state index contributed by atoms with van der Waals surface area (Å²) in [6.45, 7) is 2.85. The summed E-state index contributed by atoms with van der Waals surface area (Å²) >= 11 is 6.14. The first-order valence-electron chi connectivity index (χ1n) is 7.65. The highest BCUT2D eigenvalue weighted by atomic mass is 35.5. The molecule has 0 fully saturated rings. The van der Waals surface area contributed by atoms with E-state index in [0.717, 1.165) is 52.6 Å². The number of H-pyrrole nitrogens is 1. The molecule has 4 rings (SSSR count). The molecule has 0 spiro atoms. The van der Waals surface area contributed by atoms with E-state index in [0.29, 0.717) is 10.6 Å². The van der Waals surface area contributed by atoms with E-state index < -0.39 is 0 Å². The zero-order valence-corrected chi connectivity index (χ0v) is 13.8. The Morgan fingerprint density at radius 1 is 1.25 bits per heavy atom. The third kappa shape index (κ3) is 2.32. The lowest BCUT2D eigenvalue weighted by atomic mass is 10.0. The monoisotopic (exact) mass is 335 g/mol. The van der Waals surface area contributed by atoms with Crippen LogP contribution in [0.3, 0.4) is 0 Å². The third-order valence-corrected chi connectivity index (χ3v) is 4.51. The van der Waals surface area contributed by atoms with Crippen molar-refractivity contribution in [3.8, 4) is 28.7 Å². The van der Waals surface area contributed by atoms with Crippen molar-refractivity contribution in [2.75, 3.05) is 11.9 Å². The molecule has 3 heterocycles. The number of aromatic nitrogens is 3.